The quantitative estimate of drug-likeness (QED) is 0.454. The number of amides is 3. The van der Waals surface area contributed by atoms with Gasteiger partial charge in [0, 0.05) is 12.1 Å². The average molecular weight is 319 g/mol. The van der Waals surface area contributed by atoms with Gasteiger partial charge in [0.25, 0.3) is 0 Å². The number of Topliss-reactive ketones (excluding diaryl/α,β-unsaturated/α-hetero) is 1. The molecule has 1 aromatic carbocycles. The van der Waals surface area contributed by atoms with Crippen molar-refractivity contribution in [3.05, 3.63) is 35.9 Å². The molecule has 6 nitrogen and oxygen atoms in total. The van der Waals surface area contributed by atoms with Crippen LogP contribution in [0.25, 0.3) is 0 Å². The molecule has 23 heavy (non-hydrogen) atoms. The fourth-order valence-electron chi connectivity index (χ4n) is 2.18. The van der Waals surface area contributed by atoms with E-state index in [1.807, 2.05) is 0 Å². The van der Waals surface area contributed by atoms with Gasteiger partial charge in [0.2, 0.25) is 5.91 Å². The highest BCUT2D eigenvalue weighted by Gasteiger charge is 2.23. The number of carbonyl (C=O) groups is 3. The first kappa shape index (κ1) is 18.7. The summed E-state index contributed by atoms with van der Waals surface area (Å²) < 4.78 is 0. The van der Waals surface area contributed by atoms with Crippen molar-refractivity contribution in [3.8, 4) is 0 Å². The van der Waals surface area contributed by atoms with E-state index >= 15 is 0 Å². The fourth-order valence-corrected chi connectivity index (χ4v) is 2.18. The number of nitrogens with one attached hydrogen (secondary N) is 2. The second-order valence-electron chi connectivity index (χ2n) is 5.41. The number of nitrogens with two attached hydrogens (primary N) is 1. The van der Waals surface area contributed by atoms with Gasteiger partial charge in [-0.15, -0.1) is 0 Å². The molecule has 6 heteroatoms. The van der Waals surface area contributed by atoms with Crippen molar-refractivity contribution in [1.29, 1.82) is 0 Å². The number of hydrogen-bond donors (Lipinski definition) is 3. The first-order valence-electron chi connectivity index (χ1n) is 7.96. The van der Waals surface area contributed by atoms with Crippen LogP contribution in [0.1, 0.15) is 49.4 Å². The van der Waals surface area contributed by atoms with Gasteiger partial charge in [0.05, 0.1) is 6.42 Å². The van der Waals surface area contributed by atoms with E-state index in [1.54, 1.807) is 30.3 Å². The molecular weight excluding hydrogens is 294 g/mol. The summed E-state index contributed by atoms with van der Waals surface area (Å²) in [6.45, 7) is 2.65. The van der Waals surface area contributed by atoms with Crippen LogP contribution in [0, 0.1) is 0 Å². The maximum atomic E-state index is 12.4. The normalized spacial score (nSPS) is 11.5. The fraction of sp³-hybridized carbons (Fsp3) is 0.471. The summed E-state index contributed by atoms with van der Waals surface area (Å²) in [6, 6.07) is 7.10. The Morgan fingerprint density at radius 2 is 1.78 bits per heavy atom. The second kappa shape index (κ2) is 10.4. The van der Waals surface area contributed by atoms with Gasteiger partial charge in [-0.25, -0.2) is 4.79 Å². The van der Waals surface area contributed by atoms with Crippen molar-refractivity contribution in [2.24, 2.45) is 5.73 Å². The minimum atomic E-state index is -0.953. The van der Waals surface area contributed by atoms with Crippen LogP contribution < -0.4 is 16.4 Å². The van der Waals surface area contributed by atoms with Crippen molar-refractivity contribution in [3.63, 3.8) is 0 Å². The van der Waals surface area contributed by atoms with E-state index < -0.39 is 18.0 Å². The Balaban J connectivity index is 2.55. The first-order chi connectivity index (χ1) is 11.0. The number of hydrogen-bond acceptors (Lipinski definition) is 3. The van der Waals surface area contributed by atoms with Gasteiger partial charge in [-0.05, 0) is 6.42 Å². The Morgan fingerprint density at radius 1 is 1.09 bits per heavy atom. The molecule has 0 saturated heterocycles. The Labute approximate surface area is 136 Å². The van der Waals surface area contributed by atoms with E-state index in [0.29, 0.717) is 12.1 Å². The molecule has 1 aromatic rings. The molecule has 0 radical (unpaired) electrons. The lowest BCUT2D eigenvalue weighted by atomic mass is 10.0. The van der Waals surface area contributed by atoms with Gasteiger partial charge in [0.15, 0.2) is 5.78 Å². The lowest BCUT2D eigenvalue weighted by molar-refractivity contribution is -0.118. The topological polar surface area (TPSA) is 101 Å². The van der Waals surface area contributed by atoms with Crippen molar-refractivity contribution < 1.29 is 14.4 Å². The minimum Gasteiger partial charge on any atom is -0.370 e. The molecule has 0 aliphatic heterocycles. The number of urea groups is 1. The Bertz CT molecular complexity index is 517. The Hall–Kier alpha value is -2.37. The molecule has 0 bridgehead atoms. The third-order valence-electron chi connectivity index (χ3n) is 3.40. The highest BCUT2D eigenvalue weighted by molar-refractivity contribution is 6.03. The third kappa shape index (κ3) is 7.44. The number of ketones is 1. The molecule has 0 saturated carbocycles. The van der Waals surface area contributed by atoms with Crippen molar-refractivity contribution >= 4 is 17.7 Å². The summed E-state index contributed by atoms with van der Waals surface area (Å²) in [7, 11) is 0. The molecule has 3 amide bonds. The van der Waals surface area contributed by atoms with Crippen LogP contribution >= 0.6 is 0 Å². The summed E-state index contributed by atoms with van der Waals surface area (Å²) in [6.07, 6.45) is 3.95. The Morgan fingerprint density at radius 3 is 2.39 bits per heavy atom. The number of primary amides is 1. The number of carbonyl (C=O) groups excluding carboxylic acids is 3. The van der Waals surface area contributed by atoms with Gasteiger partial charge in [-0.2, -0.15) is 0 Å². The molecule has 126 valence electrons. The molecule has 0 aromatic heterocycles. The molecule has 0 heterocycles. The first-order valence-corrected chi connectivity index (χ1v) is 7.96. The lowest BCUT2D eigenvalue weighted by Gasteiger charge is -2.17. The van der Waals surface area contributed by atoms with Gasteiger partial charge in [-0.3, -0.25) is 9.59 Å². The maximum Gasteiger partial charge on any atom is 0.315 e. The molecular formula is C17H25N3O3. The molecule has 1 rings (SSSR count). The summed E-state index contributed by atoms with van der Waals surface area (Å²) >= 11 is 0. The van der Waals surface area contributed by atoms with Gasteiger partial charge in [-0.1, -0.05) is 56.5 Å². The van der Waals surface area contributed by atoms with Crippen LogP contribution in [-0.2, 0) is 4.79 Å². The van der Waals surface area contributed by atoms with E-state index in [2.05, 4.69) is 17.6 Å². The maximum absolute atomic E-state index is 12.4. The van der Waals surface area contributed by atoms with E-state index in [-0.39, 0.29) is 12.2 Å². The highest BCUT2D eigenvalue weighted by Crippen LogP contribution is 2.06. The predicted molar refractivity (Wildman–Crippen MR) is 89.0 cm³/mol. The van der Waals surface area contributed by atoms with Crippen molar-refractivity contribution in [2.45, 2.75) is 45.1 Å². The van der Waals surface area contributed by atoms with Crippen LogP contribution in [0.4, 0.5) is 4.79 Å². The van der Waals surface area contributed by atoms with Crippen LogP contribution in [0.2, 0.25) is 0 Å². The average Bonchev–Trinajstić information content (AvgIpc) is 2.53. The summed E-state index contributed by atoms with van der Waals surface area (Å²) in [4.78, 5) is 35.4. The Kier molecular flexibility index (Phi) is 8.42. The summed E-state index contributed by atoms with van der Waals surface area (Å²) in [5.74, 6) is -0.965. The number of benzene rings is 1. The predicted octanol–water partition coefficient (Wildman–Crippen LogP) is 1.99. The third-order valence-corrected chi connectivity index (χ3v) is 3.40. The molecule has 0 fully saturated rings. The van der Waals surface area contributed by atoms with E-state index in [9.17, 15) is 14.4 Å². The highest BCUT2D eigenvalue weighted by atomic mass is 16.2. The van der Waals surface area contributed by atoms with Crippen LogP contribution in [0.5, 0.6) is 0 Å². The van der Waals surface area contributed by atoms with Crippen LogP contribution in [0.15, 0.2) is 30.3 Å². The molecule has 0 unspecified atom stereocenters. The summed E-state index contributed by atoms with van der Waals surface area (Å²) in [5, 5.41) is 5.23. The van der Waals surface area contributed by atoms with Crippen LogP contribution in [0.3, 0.4) is 0 Å². The molecule has 1 atom stereocenters. The zero-order valence-electron chi connectivity index (χ0n) is 13.5. The minimum absolute atomic E-state index is 0.225. The smallest absolute Gasteiger partial charge is 0.315 e. The molecule has 0 aliphatic carbocycles. The second-order valence-corrected chi connectivity index (χ2v) is 5.41. The largest absolute Gasteiger partial charge is 0.370 e. The zero-order chi connectivity index (χ0) is 17.1. The number of rotatable bonds is 10. The molecule has 0 spiro atoms. The van der Waals surface area contributed by atoms with Gasteiger partial charge >= 0.3 is 6.03 Å². The zero-order valence-corrected chi connectivity index (χ0v) is 13.5. The van der Waals surface area contributed by atoms with Crippen molar-refractivity contribution in [1.82, 2.24) is 10.6 Å². The monoisotopic (exact) mass is 319 g/mol. The standard InChI is InChI=1S/C17H25N3O3/c1-2-3-4-8-11-19-17(23)20-14(12-15(18)21)16(22)13-9-6-5-7-10-13/h5-7,9-10,14H,2-4,8,11-12H2,1H3,(H2,18,21)(H2,19,20,23)/t14-/m1/s1. The summed E-state index contributed by atoms with van der Waals surface area (Å²) in [5.41, 5.74) is 5.61. The van der Waals surface area contributed by atoms with Gasteiger partial charge < -0.3 is 16.4 Å². The van der Waals surface area contributed by atoms with E-state index in [4.69, 9.17) is 5.73 Å². The van der Waals surface area contributed by atoms with E-state index in [0.717, 1.165) is 25.7 Å². The van der Waals surface area contributed by atoms with Crippen LogP contribution in [-0.4, -0.2) is 30.3 Å². The number of unbranched alkanes of at least 4 members (excludes halogenated alkanes) is 3. The molecule has 4 N–H and O–H groups in total. The van der Waals surface area contributed by atoms with Gasteiger partial charge in [0.1, 0.15) is 6.04 Å². The SMILES string of the molecule is CCCCCCNC(=O)N[C@H](CC(N)=O)C(=O)c1ccccc1. The lowest BCUT2D eigenvalue weighted by Crippen LogP contribution is -2.47. The van der Waals surface area contributed by atoms with E-state index in [1.165, 1.54) is 0 Å². The van der Waals surface area contributed by atoms with Crippen molar-refractivity contribution in [2.75, 3.05) is 6.54 Å². The molecule has 0 aliphatic rings.